The summed E-state index contributed by atoms with van der Waals surface area (Å²) >= 11 is 0. The highest BCUT2D eigenvalue weighted by atomic mass is 32.2. The molecule has 0 aliphatic rings. The van der Waals surface area contributed by atoms with Crippen molar-refractivity contribution < 1.29 is 13.2 Å². The van der Waals surface area contributed by atoms with Crippen molar-refractivity contribution in [2.24, 2.45) is 0 Å². The number of carbonyl (C=O) groups is 1. The van der Waals surface area contributed by atoms with Gasteiger partial charge in [-0.1, -0.05) is 18.2 Å². The van der Waals surface area contributed by atoms with Gasteiger partial charge in [-0.05, 0) is 36.8 Å². The summed E-state index contributed by atoms with van der Waals surface area (Å²) in [6.07, 6.45) is 3.10. The minimum Gasteiger partial charge on any atom is -0.346 e. The van der Waals surface area contributed by atoms with E-state index in [1.807, 2.05) is 35.7 Å². The predicted octanol–water partition coefficient (Wildman–Crippen LogP) is 2.12. The minimum atomic E-state index is -3.09. The molecular formula is C18H19N3O3S. The Balaban J connectivity index is 1.71. The highest BCUT2D eigenvalue weighted by Crippen LogP contribution is 2.12. The van der Waals surface area contributed by atoms with Crippen LogP contribution >= 0.6 is 0 Å². The summed E-state index contributed by atoms with van der Waals surface area (Å²) in [7, 11) is -3.09. The largest absolute Gasteiger partial charge is 0.346 e. The summed E-state index contributed by atoms with van der Waals surface area (Å²) in [4.78, 5) is 16.8. The van der Waals surface area contributed by atoms with Crippen molar-refractivity contribution in [2.75, 3.05) is 6.26 Å². The quantitative estimate of drug-likeness (QED) is 0.758. The summed E-state index contributed by atoms with van der Waals surface area (Å²) in [6.45, 7) is 2.27. The smallest absolute Gasteiger partial charge is 0.251 e. The number of amides is 1. The van der Waals surface area contributed by atoms with Gasteiger partial charge in [0.1, 0.15) is 5.65 Å². The second-order valence-electron chi connectivity index (χ2n) is 6.02. The number of hydrogen-bond acceptors (Lipinski definition) is 4. The summed E-state index contributed by atoms with van der Waals surface area (Å²) < 4.78 is 24.6. The Morgan fingerprint density at radius 1 is 1.16 bits per heavy atom. The zero-order valence-corrected chi connectivity index (χ0v) is 14.9. The van der Waals surface area contributed by atoms with E-state index in [0.717, 1.165) is 17.0 Å². The Bertz CT molecular complexity index is 1020. The number of fused-ring (bicyclic) bond motifs is 1. The molecule has 3 rings (SSSR count). The van der Waals surface area contributed by atoms with Crippen molar-refractivity contribution in [3.05, 3.63) is 71.2 Å². The van der Waals surface area contributed by atoms with Gasteiger partial charge in [-0.25, -0.2) is 13.4 Å². The third kappa shape index (κ3) is 4.06. The van der Waals surface area contributed by atoms with Crippen molar-refractivity contribution in [1.29, 1.82) is 0 Å². The summed E-state index contributed by atoms with van der Waals surface area (Å²) in [5.74, 6) is -0.244. The van der Waals surface area contributed by atoms with Gasteiger partial charge in [0, 0.05) is 18.0 Å². The van der Waals surface area contributed by atoms with E-state index in [2.05, 4.69) is 10.3 Å². The van der Waals surface area contributed by atoms with Crippen LogP contribution in [0.5, 0.6) is 0 Å². The van der Waals surface area contributed by atoms with Crippen LogP contribution < -0.4 is 5.32 Å². The number of nitrogens with one attached hydrogen (secondary N) is 1. The van der Waals surface area contributed by atoms with Crippen LogP contribution in [0.4, 0.5) is 0 Å². The molecule has 1 aromatic carbocycles. The number of hydrogen-bond donors (Lipinski definition) is 1. The molecule has 130 valence electrons. The Morgan fingerprint density at radius 2 is 1.88 bits per heavy atom. The number of sulfone groups is 1. The molecule has 2 heterocycles. The van der Waals surface area contributed by atoms with Crippen LogP contribution in [0, 0.1) is 6.92 Å². The first-order valence-corrected chi connectivity index (χ1v) is 9.87. The molecule has 0 aliphatic heterocycles. The average molecular weight is 357 g/mol. The van der Waals surface area contributed by atoms with E-state index >= 15 is 0 Å². The van der Waals surface area contributed by atoms with E-state index in [1.54, 1.807) is 24.3 Å². The van der Waals surface area contributed by atoms with E-state index in [1.165, 1.54) is 6.26 Å². The first-order chi connectivity index (χ1) is 11.8. The van der Waals surface area contributed by atoms with Crippen molar-refractivity contribution in [1.82, 2.24) is 14.7 Å². The lowest BCUT2D eigenvalue weighted by molar-refractivity contribution is 0.0950. The molecule has 6 nitrogen and oxygen atoms in total. The van der Waals surface area contributed by atoms with Gasteiger partial charge >= 0.3 is 0 Å². The van der Waals surface area contributed by atoms with E-state index in [-0.39, 0.29) is 11.7 Å². The minimum absolute atomic E-state index is 0.0318. The molecule has 0 bridgehead atoms. The maximum atomic E-state index is 12.3. The van der Waals surface area contributed by atoms with Crippen LogP contribution in [0.25, 0.3) is 5.65 Å². The average Bonchev–Trinajstić information content (AvgIpc) is 2.87. The van der Waals surface area contributed by atoms with E-state index in [4.69, 9.17) is 0 Å². The van der Waals surface area contributed by atoms with E-state index in [0.29, 0.717) is 17.7 Å². The Kier molecular flexibility index (Phi) is 4.59. The van der Waals surface area contributed by atoms with Gasteiger partial charge in [0.15, 0.2) is 9.84 Å². The van der Waals surface area contributed by atoms with Crippen LogP contribution in [0.1, 0.15) is 27.3 Å². The molecule has 0 saturated carbocycles. The summed E-state index contributed by atoms with van der Waals surface area (Å²) in [5, 5.41) is 2.88. The molecule has 1 amide bonds. The fraction of sp³-hybridized carbons (Fsp3) is 0.222. The zero-order valence-electron chi connectivity index (χ0n) is 14.1. The Labute approximate surface area is 146 Å². The van der Waals surface area contributed by atoms with Gasteiger partial charge in [-0.2, -0.15) is 0 Å². The van der Waals surface area contributed by atoms with Crippen LogP contribution in [-0.4, -0.2) is 30.0 Å². The van der Waals surface area contributed by atoms with Crippen LogP contribution in [0.15, 0.2) is 48.7 Å². The van der Waals surface area contributed by atoms with Crippen LogP contribution in [0.3, 0.4) is 0 Å². The monoisotopic (exact) mass is 357 g/mol. The molecule has 3 aromatic rings. The lowest BCUT2D eigenvalue weighted by Gasteiger charge is -2.07. The van der Waals surface area contributed by atoms with Gasteiger partial charge in [0.05, 0.1) is 23.7 Å². The van der Waals surface area contributed by atoms with Crippen molar-refractivity contribution in [3.8, 4) is 0 Å². The molecule has 0 atom stereocenters. The lowest BCUT2D eigenvalue weighted by atomic mass is 10.1. The molecule has 0 unspecified atom stereocenters. The standard InChI is InChI=1S/C18H19N3O3S/c1-13-16(21-10-4-3-5-17(21)20-13)11-19-18(22)15-8-6-14(7-9-15)12-25(2,23)24/h3-10H,11-12H2,1-2H3,(H,19,22). The first-order valence-electron chi connectivity index (χ1n) is 7.81. The Morgan fingerprint density at radius 3 is 2.56 bits per heavy atom. The molecule has 7 heteroatoms. The first kappa shape index (κ1) is 17.2. The second-order valence-corrected chi connectivity index (χ2v) is 8.16. The normalized spacial score (nSPS) is 11.6. The summed E-state index contributed by atoms with van der Waals surface area (Å²) in [6, 6.07) is 12.3. The number of aromatic nitrogens is 2. The number of nitrogens with zero attached hydrogens (tertiary/aromatic N) is 2. The highest BCUT2D eigenvalue weighted by molar-refractivity contribution is 7.89. The zero-order chi connectivity index (χ0) is 18.0. The fourth-order valence-electron chi connectivity index (χ4n) is 2.70. The maximum Gasteiger partial charge on any atom is 0.251 e. The number of imidazole rings is 1. The fourth-order valence-corrected chi connectivity index (χ4v) is 3.50. The van der Waals surface area contributed by atoms with Gasteiger partial charge in [-0.15, -0.1) is 0 Å². The number of carbonyl (C=O) groups excluding carboxylic acids is 1. The topological polar surface area (TPSA) is 80.5 Å². The highest BCUT2D eigenvalue weighted by Gasteiger charge is 2.11. The molecule has 0 aliphatic carbocycles. The van der Waals surface area contributed by atoms with Crippen molar-refractivity contribution >= 4 is 21.4 Å². The molecule has 25 heavy (non-hydrogen) atoms. The predicted molar refractivity (Wildman–Crippen MR) is 96.1 cm³/mol. The molecule has 0 saturated heterocycles. The van der Waals surface area contributed by atoms with E-state index in [9.17, 15) is 13.2 Å². The SMILES string of the molecule is Cc1nc2ccccn2c1CNC(=O)c1ccc(CS(C)(=O)=O)cc1. The molecule has 0 radical (unpaired) electrons. The van der Waals surface area contributed by atoms with Crippen LogP contribution in [-0.2, 0) is 22.1 Å². The Hall–Kier alpha value is -2.67. The number of pyridine rings is 1. The summed E-state index contributed by atoms with van der Waals surface area (Å²) in [5.41, 5.74) is 3.79. The van der Waals surface area contributed by atoms with E-state index < -0.39 is 9.84 Å². The third-order valence-corrected chi connectivity index (χ3v) is 4.75. The number of benzene rings is 1. The number of rotatable bonds is 5. The number of aryl methyl sites for hydroxylation is 1. The van der Waals surface area contributed by atoms with Gasteiger partial charge < -0.3 is 9.72 Å². The van der Waals surface area contributed by atoms with Gasteiger partial charge in [-0.3, -0.25) is 4.79 Å². The van der Waals surface area contributed by atoms with Crippen LogP contribution in [0.2, 0.25) is 0 Å². The maximum absolute atomic E-state index is 12.3. The van der Waals surface area contributed by atoms with Gasteiger partial charge in [0.25, 0.3) is 5.91 Å². The molecule has 1 N–H and O–H groups in total. The molecule has 0 fully saturated rings. The third-order valence-electron chi connectivity index (χ3n) is 3.89. The molecule has 2 aromatic heterocycles. The lowest BCUT2D eigenvalue weighted by Crippen LogP contribution is -2.24. The van der Waals surface area contributed by atoms with Crippen molar-refractivity contribution in [2.45, 2.75) is 19.2 Å². The molecule has 0 spiro atoms. The van der Waals surface area contributed by atoms with Gasteiger partial charge in [0.2, 0.25) is 0 Å². The van der Waals surface area contributed by atoms with Crippen molar-refractivity contribution in [3.63, 3.8) is 0 Å². The molecular weight excluding hydrogens is 338 g/mol. The second kappa shape index (κ2) is 6.68.